The summed E-state index contributed by atoms with van der Waals surface area (Å²) in [7, 11) is 0. The first kappa shape index (κ1) is 9.56. The van der Waals surface area contributed by atoms with E-state index in [1.807, 2.05) is 6.92 Å². The molecule has 0 heterocycles. The van der Waals surface area contributed by atoms with E-state index in [1.54, 1.807) is 0 Å². The monoisotopic (exact) mass is 170 g/mol. The minimum absolute atomic E-state index is 0.432. The van der Waals surface area contributed by atoms with Gasteiger partial charge in [-0.05, 0) is 25.7 Å². The summed E-state index contributed by atoms with van der Waals surface area (Å²) in [4.78, 5) is 10.9. The van der Waals surface area contributed by atoms with Gasteiger partial charge in [0.25, 0.3) is 0 Å². The van der Waals surface area contributed by atoms with Crippen molar-refractivity contribution in [1.82, 2.24) is 0 Å². The largest absolute Gasteiger partial charge is 0.481 e. The molecule has 1 fully saturated rings. The van der Waals surface area contributed by atoms with Crippen LogP contribution in [0.3, 0.4) is 0 Å². The van der Waals surface area contributed by atoms with Gasteiger partial charge >= 0.3 is 5.97 Å². The molecule has 2 nitrogen and oxygen atoms in total. The number of carboxylic acid groups (broad SMARTS) is 1. The third kappa shape index (κ3) is 1.79. The molecule has 70 valence electrons. The first-order valence-electron chi connectivity index (χ1n) is 4.82. The van der Waals surface area contributed by atoms with Gasteiger partial charge in [-0.3, -0.25) is 4.79 Å². The molecule has 0 aromatic heterocycles. The summed E-state index contributed by atoms with van der Waals surface area (Å²) in [6, 6.07) is 0. The lowest BCUT2D eigenvalue weighted by molar-refractivity contribution is -0.150. The van der Waals surface area contributed by atoms with Gasteiger partial charge in [-0.2, -0.15) is 0 Å². The lowest BCUT2D eigenvalue weighted by Crippen LogP contribution is -2.33. The van der Waals surface area contributed by atoms with Crippen LogP contribution >= 0.6 is 0 Å². The Hall–Kier alpha value is -0.530. The van der Waals surface area contributed by atoms with Gasteiger partial charge in [0.05, 0.1) is 5.41 Å². The molecule has 2 atom stereocenters. The van der Waals surface area contributed by atoms with Crippen LogP contribution in [-0.4, -0.2) is 11.1 Å². The molecule has 1 rings (SSSR count). The summed E-state index contributed by atoms with van der Waals surface area (Å²) in [5, 5.41) is 9.01. The molecule has 1 N–H and O–H groups in total. The molecule has 0 spiro atoms. The molecular weight excluding hydrogens is 152 g/mol. The summed E-state index contributed by atoms with van der Waals surface area (Å²) < 4.78 is 0. The number of carboxylic acids is 1. The Kier molecular flexibility index (Phi) is 2.76. The van der Waals surface area contributed by atoms with Crippen LogP contribution in [0.5, 0.6) is 0 Å². The maximum absolute atomic E-state index is 10.9. The van der Waals surface area contributed by atoms with Gasteiger partial charge in [0, 0.05) is 0 Å². The van der Waals surface area contributed by atoms with Crippen molar-refractivity contribution in [1.29, 1.82) is 0 Å². The van der Waals surface area contributed by atoms with Gasteiger partial charge in [0.15, 0.2) is 0 Å². The van der Waals surface area contributed by atoms with Gasteiger partial charge in [0.1, 0.15) is 0 Å². The Morgan fingerprint density at radius 2 is 2.33 bits per heavy atom. The highest BCUT2D eigenvalue weighted by Crippen LogP contribution is 2.40. The molecule has 0 saturated heterocycles. The molecule has 2 heteroatoms. The highest BCUT2D eigenvalue weighted by atomic mass is 16.4. The molecule has 1 aliphatic rings. The van der Waals surface area contributed by atoms with Crippen molar-refractivity contribution < 1.29 is 9.90 Å². The van der Waals surface area contributed by atoms with E-state index >= 15 is 0 Å². The number of carbonyl (C=O) groups is 1. The summed E-state index contributed by atoms with van der Waals surface area (Å²) in [6.45, 7) is 4.04. The van der Waals surface area contributed by atoms with Gasteiger partial charge in [-0.1, -0.05) is 26.2 Å². The molecule has 12 heavy (non-hydrogen) atoms. The van der Waals surface area contributed by atoms with Crippen LogP contribution in [0.1, 0.15) is 46.0 Å². The van der Waals surface area contributed by atoms with E-state index in [-0.39, 0.29) is 0 Å². The normalized spacial score (nSPS) is 36.3. The fourth-order valence-electron chi connectivity index (χ4n) is 2.16. The molecule has 1 aliphatic carbocycles. The minimum Gasteiger partial charge on any atom is -0.481 e. The molecule has 1 saturated carbocycles. The first-order chi connectivity index (χ1) is 5.58. The van der Waals surface area contributed by atoms with Crippen molar-refractivity contribution >= 4 is 5.97 Å². The summed E-state index contributed by atoms with van der Waals surface area (Å²) in [5.41, 5.74) is -0.432. The van der Waals surface area contributed by atoms with E-state index in [0.717, 1.165) is 25.7 Å². The van der Waals surface area contributed by atoms with Gasteiger partial charge < -0.3 is 5.11 Å². The predicted molar refractivity (Wildman–Crippen MR) is 48.0 cm³/mol. The average Bonchev–Trinajstić information content (AvgIpc) is 2.04. The summed E-state index contributed by atoms with van der Waals surface area (Å²) in [6.07, 6.45) is 5.17. The second-order valence-electron chi connectivity index (χ2n) is 4.24. The first-order valence-corrected chi connectivity index (χ1v) is 4.82. The van der Waals surface area contributed by atoms with Crippen LogP contribution in [0.2, 0.25) is 0 Å². The smallest absolute Gasteiger partial charge is 0.309 e. The van der Waals surface area contributed by atoms with Gasteiger partial charge in [0.2, 0.25) is 0 Å². The van der Waals surface area contributed by atoms with Crippen molar-refractivity contribution in [2.24, 2.45) is 11.3 Å². The Balaban J connectivity index is 2.61. The summed E-state index contributed by atoms with van der Waals surface area (Å²) in [5.74, 6) is 0.0282. The zero-order valence-corrected chi connectivity index (χ0v) is 7.97. The Bertz CT molecular complexity index is 177. The van der Waals surface area contributed by atoms with Crippen LogP contribution < -0.4 is 0 Å². The van der Waals surface area contributed by atoms with Gasteiger partial charge in [-0.25, -0.2) is 0 Å². The zero-order valence-electron chi connectivity index (χ0n) is 7.97. The lowest BCUT2D eigenvalue weighted by Gasteiger charge is -2.34. The Labute approximate surface area is 74.0 Å². The SMILES string of the molecule is CC[C@@H]1CCC[C@@](C)(C(=O)O)C1. The van der Waals surface area contributed by atoms with E-state index in [0.29, 0.717) is 5.92 Å². The Morgan fingerprint density at radius 3 is 2.83 bits per heavy atom. The third-order valence-electron chi connectivity index (χ3n) is 3.17. The number of aliphatic carboxylic acids is 1. The number of hydrogen-bond acceptors (Lipinski definition) is 1. The van der Waals surface area contributed by atoms with Crippen molar-refractivity contribution in [2.75, 3.05) is 0 Å². The van der Waals surface area contributed by atoms with E-state index in [4.69, 9.17) is 5.11 Å². The van der Waals surface area contributed by atoms with Gasteiger partial charge in [-0.15, -0.1) is 0 Å². The van der Waals surface area contributed by atoms with E-state index in [2.05, 4.69) is 6.92 Å². The quantitative estimate of drug-likeness (QED) is 0.691. The van der Waals surface area contributed by atoms with Crippen LogP contribution in [0.25, 0.3) is 0 Å². The van der Waals surface area contributed by atoms with Crippen LogP contribution in [0.4, 0.5) is 0 Å². The fraction of sp³-hybridized carbons (Fsp3) is 0.900. The van der Waals surface area contributed by atoms with Crippen molar-refractivity contribution in [3.8, 4) is 0 Å². The zero-order chi connectivity index (χ0) is 9.19. The predicted octanol–water partition coefficient (Wildman–Crippen LogP) is 2.68. The van der Waals surface area contributed by atoms with Crippen LogP contribution in [-0.2, 0) is 4.79 Å². The van der Waals surface area contributed by atoms with E-state index in [1.165, 1.54) is 6.42 Å². The topological polar surface area (TPSA) is 37.3 Å². The standard InChI is InChI=1S/C10H18O2/c1-3-8-5-4-6-10(2,7-8)9(11)12/h8H,3-7H2,1-2H3,(H,11,12)/t8-,10-/m1/s1. The highest BCUT2D eigenvalue weighted by Gasteiger charge is 2.37. The molecule has 0 amide bonds. The van der Waals surface area contributed by atoms with Crippen LogP contribution in [0.15, 0.2) is 0 Å². The Morgan fingerprint density at radius 1 is 1.67 bits per heavy atom. The average molecular weight is 170 g/mol. The maximum Gasteiger partial charge on any atom is 0.309 e. The minimum atomic E-state index is -0.611. The van der Waals surface area contributed by atoms with Crippen molar-refractivity contribution in [3.63, 3.8) is 0 Å². The lowest BCUT2D eigenvalue weighted by atomic mass is 9.70. The number of rotatable bonds is 2. The van der Waals surface area contributed by atoms with Crippen molar-refractivity contribution in [3.05, 3.63) is 0 Å². The molecule has 0 radical (unpaired) electrons. The van der Waals surface area contributed by atoms with E-state index in [9.17, 15) is 4.79 Å². The fourth-order valence-corrected chi connectivity index (χ4v) is 2.16. The third-order valence-corrected chi connectivity index (χ3v) is 3.17. The second kappa shape index (κ2) is 3.46. The molecular formula is C10H18O2. The molecule has 0 aliphatic heterocycles. The second-order valence-corrected chi connectivity index (χ2v) is 4.24. The maximum atomic E-state index is 10.9. The molecule has 0 aromatic rings. The summed E-state index contributed by atoms with van der Waals surface area (Å²) >= 11 is 0. The van der Waals surface area contributed by atoms with Crippen molar-refractivity contribution in [2.45, 2.75) is 46.0 Å². The highest BCUT2D eigenvalue weighted by molar-refractivity contribution is 5.74. The number of hydrogen-bond donors (Lipinski definition) is 1. The molecule has 0 bridgehead atoms. The van der Waals surface area contributed by atoms with E-state index < -0.39 is 11.4 Å². The molecule has 0 aromatic carbocycles. The molecule has 0 unspecified atom stereocenters. The van der Waals surface area contributed by atoms with Crippen LogP contribution in [0, 0.1) is 11.3 Å².